The van der Waals surface area contributed by atoms with Crippen LogP contribution in [0.1, 0.15) is 21.5 Å². The van der Waals surface area contributed by atoms with Crippen molar-refractivity contribution in [1.29, 1.82) is 0 Å². The maximum Gasteiger partial charge on any atom is 0.277 e. The van der Waals surface area contributed by atoms with E-state index in [1.165, 1.54) is 22.9 Å². The first-order chi connectivity index (χ1) is 16.0. The largest absolute Gasteiger partial charge is 0.411 e. The number of benzene rings is 3. The number of hydrogen-bond donors (Lipinski definition) is 1. The summed E-state index contributed by atoms with van der Waals surface area (Å²) in [7, 11) is 0. The van der Waals surface area contributed by atoms with Crippen LogP contribution in [-0.2, 0) is 0 Å². The Morgan fingerprint density at radius 3 is 2.42 bits per heavy atom. The van der Waals surface area contributed by atoms with E-state index in [1.54, 1.807) is 24.3 Å². The first kappa shape index (κ1) is 21.4. The Morgan fingerprint density at radius 2 is 1.67 bits per heavy atom. The number of H-pyrrole nitrogens is 1. The first-order valence-electron chi connectivity index (χ1n) is 10.3. The predicted molar refractivity (Wildman–Crippen MR) is 131 cm³/mol. The summed E-state index contributed by atoms with van der Waals surface area (Å²) in [5.41, 5.74) is 6.77. The van der Waals surface area contributed by atoms with Crippen LogP contribution in [0.25, 0.3) is 33.9 Å². The highest BCUT2D eigenvalue weighted by Gasteiger charge is 2.13. The topological polar surface area (TPSA) is 84.7 Å². The number of carbonyl (C=O) groups excluding carboxylic acids is 1. The molecule has 0 saturated carbocycles. The van der Waals surface area contributed by atoms with Crippen molar-refractivity contribution in [2.75, 3.05) is 5.75 Å². The molecule has 0 unspecified atom stereocenters. The zero-order valence-corrected chi connectivity index (χ0v) is 19.5. The minimum absolute atomic E-state index is 0.0306. The number of thioether (sulfide) groups is 1. The van der Waals surface area contributed by atoms with Crippen LogP contribution in [0.4, 0.5) is 0 Å². The van der Waals surface area contributed by atoms with E-state index in [-0.39, 0.29) is 11.5 Å². The van der Waals surface area contributed by atoms with Gasteiger partial charge < -0.3 is 9.40 Å². The quantitative estimate of drug-likeness (QED) is 0.222. The molecule has 33 heavy (non-hydrogen) atoms. The lowest BCUT2D eigenvalue weighted by Gasteiger charge is -1.99. The molecule has 0 fully saturated rings. The summed E-state index contributed by atoms with van der Waals surface area (Å²) in [4.78, 5) is 20.4. The van der Waals surface area contributed by atoms with Crippen molar-refractivity contribution in [3.63, 3.8) is 0 Å². The van der Waals surface area contributed by atoms with Gasteiger partial charge in [0.05, 0.1) is 16.8 Å². The number of nitrogens with one attached hydrogen (secondary N) is 1. The molecule has 0 saturated heterocycles. The van der Waals surface area contributed by atoms with Crippen LogP contribution in [0.15, 0.2) is 70.3 Å². The molecule has 164 valence electrons. The molecule has 0 spiro atoms. The van der Waals surface area contributed by atoms with Crippen LogP contribution in [0.2, 0.25) is 5.02 Å². The van der Waals surface area contributed by atoms with Crippen LogP contribution in [0.3, 0.4) is 0 Å². The van der Waals surface area contributed by atoms with Gasteiger partial charge in [-0.15, -0.1) is 10.2 Å². The lowest BCUT2D eigenvalue weighted by Crippen LogP contribution is -2.01. The summed E-state index contributed by atoms with van der Waals surface area (Å²) >= 11 is 7.08. The summed E-state index contributed by atoms with van der Waals surface area (Å²) in [5, 5.41) is 9.11. The fraction of sp³-hybridized carbons (Fsp3) is 0.120. The van der Waals surface area contributed by atoms with Crippen molar-refractivity contribution in [1.82, 2.24) is 20.2 Å². The molecular weight excluding hydrogens is 456 g/mol. The highest BCUT2D eigenvalue weighted by molar-refractivity contribution is 7.99. The van der Waals surface area contributed by atoms with E-state index in [0.29, 0.717) is 21.7 Å². The first-order valence-corrected chi connectivity index (χ1v) is 11.7. The van der Waals surface area contributed by atoms with Crippen LogP contribution in [0.5, 0.6) is 0 Å². The second kappa shape index (κ2) is 8.84. The molecular formula is C25H19ClN4O2S. The number of fused-ring (bicyclic) bond motifs is 1. The number of carbonyl (C=O) groups is 1. The number of aryl methyl sites for hydroxylation is 2. The van der Waals surface area contributed by atoms with E-state index in [2.05, 4.69) is 41.2 Å². The average molecular weight is 475 g/mol. The van der Waals surface area contributed by atoms with Crippen LogP contribution >= 0.6 is 23.4 Å². The third-order valence-electron chi connectivity index (χ3n) is 5.40. The molecule has 3 aromatic carbocycles. The number of hydrogen-bond acceptors (Lipinski definition) is 6. The van der Waals surface area contributed by atoms with Crippen molar-refractivity contribution in [2.24, 2.45) is 0 Å². The number of aromatic nitrogens is 4. The lowest BCUT2D eigenvalue weighted by atomic mass is 10.1. The fourth-order valence-electron chi connectivity index (χ4n) is 3.41. The minimum atomic E-state index is -0.0306. The molecule has 0 atom stereocenters. The second-order valence-corrected chi connectivity index (χ2v) is 9.07. The van der Waals surface area contributed by atoms with Crippen molar-refractivity contribution in [3.8, 4) is 22.8 Å². The molecule has 2 heterocycles. The molecule has 0 amide bonds. The smallest absolute Gasteiger partial charge is 0.277 e. The van der Waals surface area contributed by atoms with Gasteiger partial charge in [0, 0.05) is 21.7 Å². The molecule has 0 aliphatic heterocycles. The van der Waals surface area contributed by atoms with E-state index in [1.807, 2.05) is 24.3 Å². The fourth-order valence-corrected chi connectivity index (χ4v) is 4.19. The standard InChI is InChI=1S/C25H19ClN4O2S/c1-14-11-20-21(12-15(14)2)28-23(27-20)17-3-5-18(6-4-17)24-29-30-25(32-24)33-13-22(31)16-7-9-19(26)10-8-16/h3-12H,13H2,1-2H3,(H,27,28). The molecule has 5 aromatic rings. The Labute approximate surface area is 199 Å². The summed E-state index contributed by atoms with van der Waals surface area (Å²) in [6.07, 6.45) is 0. The normalized spacial score (nSPS) is 11.2. The number of nitrogens with zero attached hydrogens (tertiary/aromatic N) is 3. The maximum absolute atomic E-state index is 12.3. The molecule has 5 rings (SSSR count). The SMILES string of the molecule is Cc1cc2nc(-c3ccc(-c4nnc(SCC(=O)c5ccc(Cl)cc5)o4)cc3)[nH]c2cc1C. The zero-order chi connectivity index (χ0) is 22.9. The Morgan fingerprint density at radius 1 is 0.970 bits per heavy atom. The highest BCUT2D eigenvalue weighted by Crippen LogP contribution is 2.27. The van der Waals surface area contributed by atoms with Crippen LogP contribution in [-0.4, -0.2) is 31.7 Å². The highest BCUT2D eigenvalue weighted by atomic mass is 35.5. The number of imidazole rings is 1. The summed E-state index contributed by atoms with van der Waals surface area (Å²) in [6, 6.07) is 18.8. The Bertz CT molecular complexity index is 1420. The van der Waals surface area contributed by atoms with Gasteiger partial charge >= 0.3 is 0 Å². The zero-order valence-electron chi connectivity index (χ0n) is 17.9. The molecule has 2 aromatic heterocycles. The predicted octanol–water partition coefficient (Wildman–Crippen LogP) is 6.53. The van der Waals surface area contributed by atoms with Gasteiger partial charge in [-0.1, -0.05) is 35.5 Å². The van der Waals surface area contributed by atoms with E-state index >= 15 is 0 Å². The second-order valence-electron chi connectivity index (χ2n) is 7.71. The van der Waals surface area contributed by atoms with Gasteiger partial charge in [-0.05, 0) is 73.5 Å². The molecule has 6 nitrogen and oxygen atoms in total. The van der Waals surface area contributed by atoms with Crippen LogP contribution in [0, 0.1) is 13.8 Å². The number of Topliss-reactive ketones (excluding diaryl/α,β-unsaturated/α-hetero) is 1. The minimum Gasteiger partial charge on any atom is -0.411 e. The van der Waals surface area contributed by atoms with Gasteiger partial charge in [0.2, 0.25) is 5.89 Å². The Kier molecular flexibility index (Phi) is 5.74. The molecule has 0 bridgehead atoms. The number of rotatable bonds is 6. The van der Waals surface area contributed by atoms with Crippen molar-refractivity contribution < 1.29 is 9.21 Å². The maximum atomic E-state index is 12.3. The molecule has 0 radical (unpaired) electrons. The third kappa shape index (κ3) is 4.55. The molecule has 0 aliphatic carbocycles. The van der Waals surface area contributed by atoms with Crippen molar-refractivity contribution in [3.05, 3.63) is 82.4 Å². The van der Waals surface area contributed by atoms with Gasteiger partial charge in [0.15, 0.2) is 5.78 Å². The lowest BCUT2D eigenvalue weighted by molar-refractivity contribution is 0.102. The Balaban J connectivity index is 1.28. The van der Waals surface area contributed by atoms with Gasteiger partial charge in [0.1, 0.15) is 5.82 Å². The molecule has 1 N–H and O–H groups in total. The average Bonchev–Trinajstić information content (AvgIpc) is 3.45. The van der Waals surface area contributed by atoms with Crippen LogP contribution < -0.4 is 0 Å². The molecule has 0 aliphatic rings. The Hall–Kier alpha value is -3.42. The van der Waals surface area contributed by atoms with E-state index in [9.17, 15) is 4.79 Å². The van der Waals surface area contributed by atoms with Crippen molar-refractivity contribution in [2.45, 2.75) is 19.1 Å². The van der Waals surface area contributed by atoms with E-state index in [0.717, 1.165) is 28.0 Å². The van der Waals surface area contributed by atoms with Gasteiger partial charge in [-0.25, -0.2) is 4.98 Å². The number of halogens is 1. The van der Waals surface area contributed by atoms with Crippen molar-refractivity contribution >= 4 is 40.2 Å². The number of ketones is 1. The van der Waals surface area contributed by atoms with Gasteiger partial charge in [-0.3, -0.25) is 4.79 Å². The van der Waals surface area contributed by atoms with Gasteiger partial charge in [0.25, 0.3) is 5.22 Å². The summed E-state index contributed by atoms with van der Waals surface area (Å²) in [5.74, 6) is 1.38. The summed E-state index contributed by atoms with van der Waals surface area (Å²) < 4.78 is 5.74. The van der Waals surface area contributed by atoms with Gasteiger partial charge in [-0.2, -0.15) is 0 Å². The van der Waals surface area contributed by atoms with E-state index < -0.39 is 0 Å². The monoisotopic (exact) mass is 474 g/mol. The van der Waals surface area contributed by atoms with E-state index in [4.69, 9.17) is 21.0 Å². The number of aromatic amines is 1. The molecule has 8 heteroatoms. The third-order valence-corrected chi connectivity index (χ3v) is 6.47. The summed E-state index contributed by atoms with van der Waals surface area (Å²) in [6.45, 7) is 4.18.